The van der Waals surface area contributed by atoms with Crippen LogP contribution in [0.3, 0.4) is 0 Å². The van der Waals surface area contributed by atoms with Crippen LogP contribution < -0.4 is 5.73 Å². The number of aromatic nitrogens is 2. The Balaban J connectivity index is 1.46. The van der Waals surface area contributed by atoms with Gasteiger partial charge in [-0.2, -0.15) is 22.0 Å². The van der Waals surface area contributed by atoms with Crippen LogP contribution in [0.5, 0.6) is 0 Å². The van der Waals surface area contributed by atoms with Gasteiger partial charge in [-0.1, -0.05) is 24.3 Å². The monoisotopic (exact) mass is 494 g/mol. The predicted molar refractivity (Wildman–Crippen MR) is 113 cm³/mol. The lowest BCUT2D eigenvalue weighted by molar-refractivity contribution is -0.289. The number of hydrogen-bond acceptors (Lipinski definition) is 6. The van der Waals surface area contributed by atoms with Gasteiger partial charge in [-0.05, 0) is 17.2 Å². The maximum absolute atomic E-state index is 13.7. The van der Waals surface area contributed by atoms with E-state index in [4.69, 9.17) is 15.2 Å². The number of morpholine rings is 1. The number of rotatable bonds is 3. The summed E-state index contributed by atoms with van der Waals surface area (Å²) in [6, 6.07) is 4.65. The second-order valence-corrected chi connectivity index (χ2v) is 8.32. The molecule has 0 spiro atoms. The van der Waals surface area contributed by atoms with Gasteiger partial charge in [0, 0.05) is 23.1 Å². The van der Waals surface area contributed by atoms with Crippen LogP contribution in [0.1, 0.15) is 38.8 Å². The van der Waals surface area contributed by atoms with Crippen LogP contribution in [-0.4, -0.2) is 46.7 Å². The summed E-state index contributed by atoms with van der Waals surface area (Å²) >= 11 is 0. The summed E-state index contributed by atoms with van der Waals surface area (Å²) < 4.78 is 76.4. The Morgan fingerprint density at radius 3 is 2.49 bits per heavy atom. The van der Waals surface area contributed by atoms with Gasteiger partial charge in [0.15, 0.2) is 0 Å². The Morgan fingerprint density at radius 1 is 1.06 bits per heavy atom. The molecule has 2 aromatic heterocycles. The molecule has 4 heterocycles. The standard InChI is InChI=1S/C23H19F5N4O3/c24-22(25,23(26,27)28)13-3-1-12(2-4-13)19-11-34-6-5-32(19)21(33)17-7-14-15-9-35-10-16(15)20(29)31-18(14)8-30-17/h1-4,7-8,19H,5-6,9-11H2,(H2,29,31)/t19-/m1/s1. The molecule has 1 fully saturated rings. The van der Waals surface area contributed by atoms with Crippen molar-refractivity contribution in [2.45, 2.75) is 31.4 Å². The summed E-state index contributed by atoms with van der Waals surface area (Å²) in [5.74, 6) is -5.08. The number of carbonyl (C=O) groups excluding carboxylic acids is 1. The highest BCUT2D eigenvalue weighted by molar-refractivity contribution is 5.97. The minimum atomic E-state index is -5.71. The van der Waals surface area contributed by atoms with Crippen molar-refractivity contribution in [3.63, 3.8) is 0 Å². The van der Waals surface area contributed by atoms with Gasteiger partial charge in [0.1, 0.15) is 11.5 Å². The fraction of sp³-hybridized carbons (Fsp3) is 0.348. The molecule has 3 aromatic rings. The minimum absolute atomic E-state index is 0.0512. The number of alkyl halides is 5. The molecule has 7 nitrogen and oxygen atoms in total. The first-order chi connectivity index (χ1) is 16.6. The van der Waals surface area contributed by atoms with Gasteiger partial charge < -0.3 is 20.1 Å². The van der Waals surface area contributed by atoms with Crippen molar-refractivity contribution in [3.05, 3.63) is 64.5 Å². The van der Waals surface area contributed by atoms with Crippen molar-refractivity contribution in [2.75, 3.05) is 25.5 Å². The molecule has 12 heteroatoms. The number of carbonyl (C=O) groups is 1. The van der Waals surface area contributed by atoms with E-state index < -0.39 is 29.6 Å². The smallest absolute Gasteiger partial charge is 0.383 e. The molecule has 0 bridgehead atoms. The fourth-order valence-electron chi connectivity index (χ4n) is 4.34. The van der Waals surface area contributed by atoms with Crippen LogP contribution in [-0.2, 0) is 28.6 Å². The number of anilines is 1. The van der Waals surface area contributed by atoms with Gasteiger partial charge in [-0.15, -0.1) is 0 Å². The van der Waals surface area contributed by atoms with Crippen LogP contribution in [0.25, 0.3) is 10.9 Å². The Labute approximate surface area is 195 Å². The van der Waals surface area contributed by atoms with Gasteiger partial charge in [-0.25, -0.2) is 9.97 Å². The van der Waals surface area contributed by atoms with Gasteiger partial charge in [-0.3, -0.25) is 4.79 Å². The van der Waals surface area contributed by atoms with Crippen molar-refractivity contribution in [2.24, 2.45) is 0 Å². The second-order valence-electron chi connectivity index (χ2n) is 8.32. The van der Waals surface area contributed by atoms with Gasteiger partial charge in [0.25, 0.3) is 5.91 Å². The number of hydrogen-bond donors (Lipinski definition) is 1. The number of benzene rings is 1. The minimum Gasteiger partial charge on any atom is -0.383 e. The zero-order chi connectivity index (χ0) is 25.0. The van der Waals surface area contributed by atoms with E-state index >= 15 is 0 Å². The van der Waals surface area contributed by atoms with Crippen molar-refractivity contribution < 1.29 is 36.2 Å². The highest BCUT2D eigenvalue weighted by atomic mass is 19.4. The average molecular weight is 494 g/mol. The molecule has 0 aliphatic carbocycles. The second kappa shape index (κ2) is 8.38. The molecule has 0 saturated carbocycles. The molecular formula is C23H19F5N4O3. The molecular weight excluding hydrogens is 475 g/mol. The summed E-state index contributed by atoms with van der Waals surface area (Å²) in [5, 5.41) is 0.689. The highest BCUT2D eigenvalue weighted by Gasteiger charge is 2.58. The number of fused-ring (bicyclic) bond motifs is 3. The lowest BCUT2D eigenvalue weighted by atomic mass is 9.99. The molecule has 1 atom stereocenters. The van der Waals surface area contributed by atoms with Crippen LogP contribution in [0, 0.1) is 0 Å². The Hall–Kier alpha value is -3.38. The van der Waals surface area contributed by atoms with Crippen molar-refractivity contribution in [3.8, 4) is 0 Å². The van der Waals surface area contributed by atoms with Gasteiger partial charge >= 0.3 is 12.1 Å². The molecule has 2 aliphatic heterocycles. The molecule has 5 rings (SSSR count). The lowest BCUT2D eigenvalue weighted by Crippen LogP contribution is -2.43. The molecule has 2 aliphatic rings. The van der Waals surface area contributed by atoms with Crippen LogP contribution >= 0.6 is 0 Å². The Bertz CT molecular complexity index is 1300. The third kappa shape index (κ3) is 3.96. The third-order valence-electron chi connectivity index (χ3n) is 6.24. The quantitative estimate of drug-likeness (QED) is 0.552. The first kappa shape index (κ1) is 23.4. The van der Waals surface area contributed by atoms with E-state index in [0.717, 1.165) is 23.3 Å². The zero-order valence-electron chi connectivity index (χ0n) is 18.1. The number of halogens is 5. The van der Waals surface area contributed by atoms with Crippen LogP contribution in [0.15, 0.2) is 36.5 Å². The van der Waals surface area contributed by atoms with E-state index in [1.165, 1.54) is 11.1 Å². The normalized spacial score (nSPS) is 18.7. The Kier molecular flexibility index (Phi) is 5.59. The topological polar surface area (TPSA) is 90.6 Å². The number of ether oxygens (including phenoxy) is 2. The molecule has 1 aromatic carbocycles. The largest absolute Gasteiger partial charge is 0.458 e. The van der Waals surface area contributed by atoms with Crippen LogP contribution in [0.4, 0.5) is 27.8 Å². The number of nitrogen functional groups attached to an aromatic ring is 1. The summed E-state index contributed by atoms with van der Waals surface area (Å²) in [7, 11) is 0. The number of nitrogens with two attached hydrogens (primary N) is 1. The predicted octanol–water partition coefficient (Wildman–Crippen LogP) is 4.11. The van der Waals surface area contributed by atoms with Crippen molar-refractivity contribution >= 4 is 22.6 Å². The molecule has 184 valence electrons. The molecule has 1 saturated heterocycles. The molecule has 2 N–H and O–H groups in total. The molecule has 0 radical (unpaired) electrons. The van der Waals surface area contributed by atoms with Crippen molar-refractivity contribution in [1.29, 1.82) is 0 Å². The first-order valence-corrected chi connectivity index (χ1v) is 10.7. The van der Waals surface area contributed by atoms with Crippen LogP contribution in [0.2, 0.25) is 0 Å². The van der Waals surface area contributed by atoms with Gasteiger partial charge in [0.05, 0.1) is 44.2 Å². The lowest BCUT2D eigenvalue weighted by Gasteiger charge is -2.36. The van der Waals surface area contributed by atoms with E-state index in [1.54, 1.807) is 6.07 Å². The third-order valence-corrected chi connectivity index (χ3v) is 6.24. The van der Waals surface area contributed by atoms with E-state index in [1.807, 2.05) is 0 Å². The number of nitrogens with zero attached hydrogens (tertiary/aromatic N) is 3. The SMILES string of the molecule is Nc1nc2cnc(C(=O)N3CCOC[C@@H]3c3ccc(C(F)(F)C(F)(F)F)cc3)cc2c2c1COC2. The first-order valence-electron chi connectivity index (χ1n) is 10.7. The maximum Gasteiger partial charge on any atom is 0.458 e. The highest BCUT2D eigenvalue weighted by Crippen LogP contribution is 2.44. The van der Waals surface area contributed by atoms with Gasteiger partial charge in [0.2, 0.25) is 0 Å². The van der Waals surface area contributed by atoms with E-state index in [2.05, 4.69) is 9.97 Å². The molecule has 35 heavy (non-hydrogen) atoms. The summed E-state index contributed by atoms with van der Waals surface area (Å²) in [6.45, 7) is 1.12. The van der Waals surface area contributed by atoms with E-state index in [-0.39, 0.29) is 25.5 Å². The van der Waals surface area contributed by atoms with E-state index in [9.17, 15) is 26.7 Å². The molecule has 1 amide bonds. The zero-order valence-corrected chi connectivity index (χ0v) is 18.1. The summed E-state index contributed by atoms with van der Waals surface area (Å²) in [6.07, 6.45) is -4.27. The van der Waals surface area contributed by atoms with Crippen molar-refractivity contribution in [1.82, 2.24) is 14.9 Å². The Morgan fingerprint density at radius 2 is 1.77 bits per heavy atom. The van der Waals surface area contributed by atoms with E-state index in [0.29, 0.717) is 47.6 Å². The average Bonchev–Trinajstić information content (AvgIpc) is 3.34. The summed E-state index contributed by atoms with van der Waals surface area (Å²) in [5.41, 5.74) is 7.42. The number of amides is 1. The fourth-order valence-corrected chi connectivity index (χ4v) is 4.34. The molecule has 0 unspecified atom stereocenters. The number of pyridine rings is 2. The summed E-state index contributed by atoms with van der Waals surface area (Å²) in [4.78, 5) is 23.4. The maximum atomic E-state index is 13.7.